The topological polar surface area (TPSA) is 35.2 Å². The van der Waals surface area contributed by atoms with Crippen molar-refractivity contribution in [2.45, 2.75) is 13.0 Å². The highest BCUT2D eigenvalue weighted by Crippen LogP contribution is 2.28. The summed E-state index contributed by atoms with van der Waals surface area (Å²) >= 11 is 11.8. The van der Waals surface area contributed by atoms with E-state index in [0.29, 0.717) is 15.8 Å². The van der Waals surface area contributed by atoms with Gasteiger partial charge in [0.05, 0.1) is 0 Å². The van der Waals surface area contributed by atoms with E-state index in [1.807, 2.05) is 31.2 Å². The largest absolute Gasteiger partial charge is 0.457 e. The Morgan fingerprint density at radius 2 is 1.50 bits per heavy atom. The number of hydrogen-bond acceptors (Lipinski definition) is 2. The quantitative estimate of drug-likeness (QED) is 0.877. The average molecular weight is 282 g/mol. The van der Waals surface area contributed by atoms with Gasteiger partial charge in [0.1, 0.15) is 11.5 Å². The van der Waals surface area contributed by atoms with Gasteiger partial charge in [-0.25, -0.2) is 0 Å². The first kappa shape index (κ1) is 13.2. The van der Waals surface area contributed by atoms with E-state index in [1.54, 1.807) is 18.2 Å². The SMILES string of the molecule is C[C@H](N)c1ccc(Oc2cc(Cl)cc(Cl)c2)cc1. The van der Waals surface area contributed by atoms with Crippen LogP contribution in [-0.2, 0) is 0 Å². The monoisotopic (exact) mass is 281 g/mol. The Morgan fingerprint density at radius 3 is 2.00 bits per heavy atom. The van der Waals surface area contributed by atoms with Crippen molar-refractivity contribution in [2.75, 3.05) is 0 Å². The summed E-state index contributed by atoms with van der Waals surface area (Å²) in [5.74, 6) is 1.33. The van der Waals surface area contributed by atoms with Crippen LogP contribution in [0.1, 0.15) is 18.5 Å². The molecule has 0 aromatic heterocycles. The number of hydrogen-bond donors (Lipinski definition) is 1. The molecule has 18 heavy (non-hydrogen) atoms. The Balaban J connectivity index is 2.18. The third-order valence-electron chi connectivity index (χ3n) is 2.48. The standard InChI is InChI=1S/C14H13Cl2NO/c1-9(17)10-2-4-13(5-3-10)18-14-7-11(15)6-12(16)8-14/h2-9H,17H2,1H3/t9-/m0/s1. The summed E-state index contributed by atoms with van der Waals surface area (Å²) in [4.78, 5) is 0. The molecule has 0 amide bonds. The van der Waals surface area contributed by atoms with Crippen molar-refractivity contribution in [3.63, 3.8) is 0 Å². The smallest absolute Gasteiger partial charge is 0.130 e. The average Bonchev–Trinajstić information content (AvgIpc) is 2.28. The Kier molecular flexibility index (Phi) is 4.12. The molecule has 0 heterocycles. The molecule has 2 aromatic rings. The van der Waals surface area contributed by atoms with Crippen molar-refractivity contribution in [1.29, 1.82) is 0 Å². The van der Waals surface area contributed by atoms with Gasteiger partial charge < -0.3 is 10.5 Å². The number of benzene rings is 2. The Morgan fingerprint density at radius 1 is 0.944 bits per heavy atom. The molecule has 0 saturated carbocycles. The third-order valence-corrected chi connectivity index (χ3v) is 2.91. The first-order chi connectivity index (χ1) is 8.54. The molecule has 1 atom stereocenters. The van der Waals surface area contributed by atoms with Crippen LogP contribution in [0.15, 0.2) is 42.5 Å². The Bertz CT molecular complexity index is 518. The van der Waals surface area contributed by atoms with Crippen LogP contribution in [-0.4, -0.2) is 0 Å². The minimum Gasteiger partial charge on any atom is -0.457 e. The van der Waals surface area contributed by atoms with Gasteiger partial charge in [0.25, 0.3) is 0 Å². The van der Waals surface area contributed by atoms with E-state index in [4.69, 9.17) is 33.7 Å². The van der Waals surface area contributed by atoms with Gasteiger partial charge in [0, 0.05) is 16.1 Å². The molecule has 0 aliphatic rings. The summed E-state index contributed by atoms with van der Waals surface area (Å²) in [5.41, 5.74) is 6.84. The summed E-state index contributed by atoms with van der Waals surface area (Å²) in [6.07, 6.45) is 0. The van der Waals surface area contributed by atoms with Gasteiger partial charge in [0.2, 0.25) is 0 Å². The minimum absolute atomic E-state index is 0.0136. The van der Waals surface area contributed by atoms with Crippen molar-refractivity contribution in [1.82, 2.24) is 0 Å². The van der Waals surface area contributed by atoms with Crippen LogP contribution < -0.4 is 10.5 Å². The van der Waals surface area contributed by atoms with Gasteiger partial charge in [-0.1, -0.05) is 35.3 Å². The third kappa shape index (κ3) is 3.39. The fourth-order valence-electron chi connectivity index (χ4n) is 1.56. The second-order valence-corrected chi connectivity index (χ2v) is 4.94. The molecule has 2 rings (SSSR count). The van der Waals surface area contributed by atoms with Crippen molar-refractivity contribution in [3.05, 3.63) is 58.1 Å². The predicted molar refractivity (Wildman–Crippen MR) is 75.6 cm³/mol. The van der Waals surface area contributed by atoms with Crippen LogP contribution in [0.5, 0.6) is 11.5 Å². The van der Waals surface area contributed by atoms with E-state index in [-0.39, 0.29) is 6.04 Å². The zero-order valence-corrected chi connectivity index (χ0v) is 11.4. The van der Waals surface area contributed by atoms with Crippen LogP contribution in [0.3, 0.4) is 0 Å². The maximum Gasteiger partial charge on any atom is 0.130 e. The lowest BCUT2D eigenvalue weighted by Crippen LogP contribution is -2.04. The molecule has 0 bridgehead atoms. The van der Waals surface area contributed by atoms with E-state index in [2.05, 4.69) is 0 Å². The molecule has 0 spiro atoms. The number of halogens is 2. The highest BCUT2D eigenvalue weighted by molar-refractivity contribution is 6.34. The van der Waals surface area contributed by atoms with Crippen LogP contribution in [0, 0.1) is 0 Å². The van der Waals surface area contributed by atoms with Gasteiger partial charge in [-0.15, -0.1) is 0 Å². The van der Waals surface area contributed by atoms with Gasteiger partial charge in [0.15, 0.2) is 0 Å². The first-order valence-electron chi connectivity index (χ1n) is 5.54. The first-order valence-corrected chi connectivity index (χ1v) is 6.29. The molecule has 0 radical (unpaired) electrons. The molecule has 0 aliphatic carbocycles. The van der Waals surface area contributed by atoms with Crippen molar-refractivity contribution < 1.29 is 4.74 Å². The van der Waals surface area contributed by atoms with E-state index < -0.39 is 0 Å². The fourth-order valence-corrected chi connectivity index (χ4v) is 2.07. The van der Waals surface area contributed by atoms with Crippen LogP contribution >= 0.6 is 23.2 Å². The van der Waals surface area contributed by atoms with E-state index in [9.17, 15) is 0 Å². The summed E-state index contributed by atoms with van der Waals surface area (Å²) in [5, 5.41) is 1.09. The highest BCUT2D eigenvalue weighted by Gasteiger charge is 2.03. The van der Waals surface area contributed by atoms with Gasteiger partial charge >= 0.3 is 0 Å². The molecular formula is C14H13Cl2NO. The molecular weight excluding hydrogens is 269 g/mol. The number of rotatable bonds is 3. The van der Waals surface area contributed by atoms with Crippen molar-refractivity contribution >= 4 is 23.2 Å². The lowest BCUT2D eigenvalue weighted by Gasteiger charge is -2.09. The molecule has 0 saturated heterocycles. The highest BCUT2D eigenvalue weighted by atomic mass is 35.5. The van der Waals surface area contributed by atoms with E-state index in [1.165, 1.54) is 0 Å². The summed E-state index contributed by atoms with van der Waals surface area (Å²) in [6.45, 7) is 1.94. The van der Waals surface area contributed by atoms with Crippen molar-refractivity contribution in [3.8, 4) is 11.5 Å². The second kappa shape index (κ2) is 5.61. The van der Waals surface area contributed by atoms with E-state index >= 15 is 0 Å². The lowest BCUT2D eigenvalue weighted by atomic mass is 10.1. The molecule has 0 unspecified atom stereocenters. The lowest BCUT2D eigenvalue weighted by molar-refractivity contribution is 0.482. The van der Waals surface area contributed by atoms with Gasteiger partial charge in [-0.2, -0.15) is 0 Å². The molecule has 2 nitrogen and oxygen atoms in total. The fraction of sp³-hybridized carbons (Fsp3) is 0.143. The zero-order chi connectivity index (χ0) is 13.1. The Labute approximate surface area is 116 Å². The molecule has 0 fully saturated rings. The molecule has 94 valence electrons. The zero-order valence-electron chi connectivity index (χ0n) is 9.86. The summed E-state index contributed by atoms with van der Waals surface area (Å²) in [6, 6.07) is 12.7. The molecule has 0 aliphatic heterocycles. The maximum absolute atomic E-state index is 5.90. The molecule has 2 aromatic carbocycles. The number of nitrogens with two attached hydrogens (primary N) is 1. The summed E-state index contributed by atoms with van der Waals surface area (Å²) < 4.78 is 5.67. The minimum atomic E-state index is 0.0136. The van der Waals surface area contributed by atoms with E-state index in [0.717, 1.165) is 11.3 Å². The molecule has 2 N–H and O–H groups in total. The second-order valence-electron chi connectivity index (χ2n) is 4.06. The predicted octanol–water partition coefficient (Wildman–Crippen LogP) is 4.81. The normalized spacial score (nSPS) is 12.2. The van der Waals surface area contributed by atoms with Crippen LogP contribution in [0.2, 0.25) is 10.0 Å². The number of ether oxygens (including phenoxy) is 1. The van der Waals surface area contributed by atoms with Crippen LogP contribution in [0.25, 0.3) is 0 Å². The van der Waals surface area contributed by atoms with Gasteiger partial charge in [-0.3, -0.25) is 0 Å². The van der Waals surface area contributed by atoms with Crippen molar-refractivity contribution in [2.24, 2.45) is 5.73 Å². The summed E-state index contributed by atoms with van der Waals surface area (Å²) in [7, 11) is 0. The Hall–Kier alpha value is -1.22. The van der Waals surface area contributed by atoms with Gasteiger partial charge in [-0.05, 0) is 42.8 Å². The molecule has 4 heteroatoms. The van der Waals surface area contributed by atoms with Crippen LogP contribution in [0.4, 0.5) is 0 Å². The maximum atomic E-state index is 5.90.